The molecule has 1 aromatic heterocycles. The van der Waals surface area contributed by atoms with E-state index in [9.17, 15) is 9.59 Å². The van der Waals surface area contributed by atoms with Crippen LogP contribution in [0.5, 0.6) is 0 Å². The van der Waals surface area contributed by atoms with Crippen LogP contribution in [0.4, 0.5) is 0 Å². The Hall–Kier alpha value is -1.36. The maximum absolute atomic E-state index is 11.6. The molecule has 1 aliphatic rings. The lowest BCUT2D eigenvalue weighted by Gasteiger charge is -2.08. The molecule has 0 aliphatic carbocycles. The standard InChI is InChI=1S/C9H12N2O3/c1-10-8(12)5-6-7(14-2)3-4-11(6)9(10)13/h5,7H,3-4H2,1-2H3/t7-/m0/s1. The second-order valence-corrected chi connectivity index (χ2v) is 3.41. The molecule has 0 unspecified atom stereocenters. The van der Waals surface area contributed by atoms with E-state index in [-0.39, 0.29) is 17.4 Å². The smallest absolute Gasteiger partial charge is 0.330 e. The average Bonchev–Trinajstić information content (AvgIpc) is 2.57. The summed E-state index contributed by atoms with van der Waals surface area (Å²) in [4.78, 5) is 23.0. The summed E-state index contributed by atoms with van der Waals surface area (Å²) in [7, 11) is 3.07. The fourth-order valence-electron chi connectivity index (χ4n) is 1.81. The summed E-state index contributed by atoms with van der Waals surface area (Å²) in [6, 6.07) is 1.47. The molecule has 14 heavy (non-hydrogen) atoms. The maximum Gasteiger partial charge on any atom is 0.330 e. The third-order valence-corrected chi connectivity index (χ3v) is 2.66. The van der Waals surface area contributed by atoms with Crippen molar-refractivity contribution in [3.05, 3.63) is 32.6 Å². The summed E-state index contributed by atoms with van der Waals surface area (Å²) < 4.78 is 7.89. The van der Waals surface area contributed by atoms with Gasteiger partial charge in [0.05, 0.1) is 11.8 Å². The summed E-state index contributed by atoms with van der Waals surface area (Å²) >= 11 is 0. The van der Waals surface area contributed by atoms with Gasteiger partial charge in [0.2, 0.25) is 0 Å². The van der Waals surface area contributed by atoms with Crippen LogP contribution in [0.1, 0.15) is 18.2 Å². The second-order valence-electron chi connectivity index (χ2n) is 3.41. The molecule has 2 heterocycles. The highest BCUT2D eigenvalue weighted by Crippen LogP contribution is 2.24. The summed E-state index contributed by atoms with van der Waals surface area (Å²) in [5.41, 5.74) is 0.165. The average molecular weight is 196 g/mol. The van der Waals surface area contributed by atoms with E-state index in [1.54, 1.807) is 11.7 Å². The number of methoxy groups -OCH3 is 1. The Labute approximate surface area is 80.5 Å². The van der Waals surface area contributed by atoms with Gasteiger partial charge in [-0.2, -0.15) is 0 Å². The number of rotatable bonds is 1. The molecule has 0 saturated carbocycles. The third-order valence-electron chi connectivity index (χ3n) is 2.66. The molecule has 0 aromatic carbocycles. The second kappa shape index (κ2) is 3.09. The summed E-state index contributed by atoms with van der Waals surface area (Å²) in [6.07, 6.45) is 0.645. The number of fused-ring (bicyclic) bond motifs is 1. The predicted octanol–water partition coefficient (Wildman–Crippen LogP) is -0.362. The summed E-state index contributed by atoms with van der Waals surface area (Å²) in [5.74, 6) is 0. The highest BCUT2D eigenvalue weighted by Gasteiger charge is 2.24. The number of hydrogen-bond acceptors (Lipinski definition) is 3. The molecule has 0 spiro atoms. The molecule has 0 radical (unpaired) electrons. The van der Waals surface area contributed by atoms with Crippen molar-refractivity contribution in [3.63, 3.8) is 0 Å². The van der Waals surface area contributed by atoms with Crippen LogP contribution < -0.4 is 11.2 Å². The van der Waals surface area contributed by atoms with Crippen molar-refractivity contribution >= 4 is 0 Å². The minimum absolute atomic E-state index is 0.114. The van der Waals surface area contributed by atoms with Crippen molar-refractivity contribution < 1.29 is 4.74 Å². The summed E-state index contributed by atoms with van der Waals surface area (Å²) in [6.45, 7) is 0.626. The highest BCUT2D eigenvalue weighted by molar-refractivity contribution is 5.10. The van der Waals surface area contributed by atoms with Gasteiger partial charge < -0.3 is 4.74 Å². The van der Waals surface area contributed by atoms with Crippen molar-refractivity contribution in [3.8, 4) is 0 Å². The molecule has 5 heteroatoms. The van der Waals surface area contributed by atoms with Crippen molar-refractivity contribution in [1.29, 1.82) is 0 Å². The van der Waals surface area contributed by atoms with Crippen LogP contribution in [0.25, 0.3) is 0 Å². The first-order chi connectivity index (χ1) is 6.65. The quantitative estimate of drug-likeness (QED) is 0.616. The normalized spacial score (nSPS) is 19.7. The highest BCUT2D eigenvalue weighted by atomic mass is 16.5. The van der Waals surface area contributed by atoms with Gasteiger partial charge >= 0.3 is 5.69 Å². The van der Waals surface area contributed by atoms with Crippen molar-refractivity contribution in [2.75, 3.05) is 7.11 Å². The molecular weight excluding hydrogens is 184 g/mol. The molecular formula is C9H12N2O3. The van der Waals surface area contributed by atoms with Crippen LogP contribution in [0.15, 0.2) is 15.7 Å². The molecule has 1 aliphatic heterocycles. The third kappa shape index (κ3) is 1.13. The fourth-order valence-corrected chi connectivity index (χ4v) is 1.81. The molecule has 76 valence electrons. The van der Waals surface area contributed by atoms with Gasteiger partial charge in [-0.3, -0.25) is 13.9 Å². The molecule has 0 saturated heterocycles. The zero-order chi connectivity index (χ0) is 10.3. The maximum atomic E-state index is 11.6. The van der Waals surface area contributed by atoms with E-state index in [0.29, 0.717) is 12.2 Å². The molecule has 0 bridgehead atoms. The van der Waals surface area contributed by atoms with Crippen LogP contribution >= 0.6 is 0 Å². The van der Waals surface area contributed by atoms with E-state index in [4.69, 9.17) is 4.74 Å². The van der Waals surface area contributed by atoms with Crippen LogP contribution in [-0.2, 0) is 18.3 Å². The van der Waals surface area contributed by atoms with Crippen molar-refractivity contribution in [2.24, 2.45) is 7.05 Å². The lowest BCUT2D eigenvalue weighted by atomic mass is 10.2. The van der Waals surface area contributed by atoms with Crippen LogP contribution in [0, 0.1) is 0 Å². The monoisotopic (exact) mass is 196 g/mol. The van der Waals surface area contributed by atoms with E-state index < -0.39 is 0 Å². The first-order valence-corrected chi connectivity index (χ1v) is 4.48. The Morgan fingerprint density at radius 1 is 1.50 bits per heavy atom. The topological polar surface area (TPSA) is 53.2 Å². The van der Waals surface area contributed by atoms with Gasteiger partial charge in [-0.05, 0) is 6.42 Å². The van der Waals surface area contributed by atoms with Crippen LogP contribution in [-0.4, -0.2) is 16.2 Å². The Balaban J connectivity index is 2.70. The van der Waals surface area contributed by atoms with Crippen molar-refractivity contribution in [2.45, 2.75) is 19.1 Å². The zero-order valence-corrected chi connectivity index (χ0v) is 8.19. The zero-order valence-electron chi connectivity index (χ0n) is 8.19. The van der Waals surface area contributed by atoms with E-state index in [0.717, 1.165) is 11.0 Å². The summed E-state index contributed by atoms with van der Waals surface area (Å²) in [5, 5.41) is 0. The van der Waals surface area contributed by atoms with Gasteiger partial charge in [0.1, 0.15) is 0 Å². The number of ether oxygens (including phenoxy) is 1. The Morgan fingerprint density at radius 3 is 2.86 bits per heavy atom. The van der Waals surface area contributed by atoms with Gasteiger partial charge in [-0.25, -0.2) is 4.79 Å². The Morgan fingerprint density at radius 2 is 2.21 bits per heavy atom. The Kier molecular flexibility index (Phi) is 2.03. The van der Waals surface area contributed by atoms with Gasteiger partial charge in [0.25, 0.3) is 5.56 Å². The van der Waals surface area contributed by atoms with Crippen molar-refractivity contribution in [1.82, 2.24) is 9.13 Å². The molecule has 0 N–H and O–H groups in total. The van der Waals surface area contributed by atoms with E-state index in [1.165, 1.54) is 13.1 Å². The molecule has 1 aromatic rings. The molecule has 0 amide bonds. The SMILES string of the molecule is CO[C@H]1CCn2c1cc(=O)n(C)c2=O. The van der Waals surface area contributed by atoms with E-state index >= 15 is 0 Å². The lowest BCUT2D eigenvalue weighted by Crippen LogP contribution is -2.37. The molecule has 1 atom stereocenters. The van der Waals surface area contributed by atoms with Crippen LogP contribution in [0.2, 0.25) is 0 Å². The number of aromatic nitrogens is 2. The Bertz CT molecular complexity index is 472. The van der Waals surface area contributed by atoms with E-state index in [2.05, 4.69) is 0 Å². The van der Waals surface area contributed by atoms with Gasteiger partial charge in [0, 0.05) is 26.8 Å². The first-order valence-electron chi connectivity index (χ1n) is 4.48. The number of nitrogens with zero attached hydrogens (tertiary/aromatic N) is 2. The van der Waals surface area contributed by atoms with Gasteiger partial charge in [-0.1, -0.05) is 0 Å². The minimum Gasteiger partial charge on any atom is -0.375 e. The molecule has 5 nitrogen and oxygen atoms in total. The fraction of sp³-hybridized carbons (Fsp3) is 0.556. The van der Waals surface area contributed by atoms with Gasteiger partial charge in [0.15, 0.2) is 0 Å². The minimum atomic E-state index is -0.273. The van der Waals surface area contributed by atoms with E-state index in [1.807, 2.05) is 0 Å². The number of hydrogen-bond donors (Lipinski definition) is 0. The largest absolute Gasteiger partial charge is 0.375 e. The van der Waals surface area contributed by atoms with Gasteiger partial charge in [-0.15, -0.1) is 0 Å². The lowest BCUT2D eigenvalue weighted by molar-refractivity contribution is 0.105. The molecule has 2 rings (SSSR count). The molecule has 0 fully saturated rings. The predicted molar refractivity (Wildman–Crippen MR) is 50.3 cm³/mol. The van der Waals surface area contributed by atoms with Crippen LogP contribution in [0.3, 0.4) is 0 Å². The first kappa shape index (κ1) is 9.21.